The van der Waals surface area contributed by atoms with E-state index in [-0.39, 0.29) is 23.7 Å². The third-order valence-electron chi connectivity index (χ3n) is 3.05. The summed E-state index contributed by atoms with van der Waals surface area (Å²) >= 11 is 0. The van der Waals surface area contributed by atoms with E-state index in [2.05, 4.69) is 5.92 Å². The largest absolute Gasteiger partial charge is 0.271 e. The summed E-state index contributed by atoms with van der Waals surface area (Å²) in [7, 11) is -3.84. The van der Waals surface area contributed by atoms with Gasteiger partial charge in [-0.1, -0.05) is 12.8 Å². The van der Waals surface area contributed by atoms with Gasteiger partial charge in [0.15, 0.2) is 0 Å². The van der Waals surface area contributed by atoms with Crippen LogP contribution in [0, 0.1) is 36.3 Å². The van der Waals surface area contributed by atoms with Gasteiger partial charge in [0.1, 0.15) is 0 Å². The van der Waals surface area contributed by atoms with E-state index in [4.69, 9.17) is 6.42 Å². The van der Waals surface area contributed by atoms with Crippen LogP contribution in [0.5, 0.6) is 0 Å². The Morgan fingerprint density at radius 3 is 2.45 bits per heavy atom. The summed E-state index contributed by atoms with van der Waals surface area (Å²) in [6.07, 6.45) is 5.16. The number of non-ortho nitro benzene ring substituents is 1. The van der Waals surface area contributed by atoms with Crippen molar-refractivity contribution in [2.75, 3.05) is 13.1 Å². The van der Waals surface area contributed by atoms with E-state index in [1.165, 1.54) is 6.07 Å². The van der Waals surface area contributed by atoms with Gasteiger partial charge in [-0.3, -0.25) is 10.1 Å². The normalized spacial score (nSPS) is 11.3. The van der Waals surface area contributed by atoms with Gasteiger partial charge in [0.05, 0.1) is 16.4 Å². The average molecular weight is 296 g/mol. The fourth-order valence-corrected chi connectivity index (χ4v) is 3.47. The van der Waals surface area contributed by atoms with E-state index in [0.717, 1.165) is 10.4 Å². The molecule has 0 heterocycles. The summed E-state index contributed by atoms with van der Waals surface area (Å²) in [6.45, 7) is 5.05. The van der Waals surface area contributed by atoms with Crippen LogP contribution in [0.25, 0.3) is 0 Å². The predicted octanol–water partition coefficient (Wildman–Crippen LogP) is 1.86. The van der Waals surface area contributed by atoms with Crippen molar-refractivity contribution >= 4 is 15.7 Å². The molecular formula is C13H16N2O4S. The summed E-state index contributed by atoms with van der Waals surface area (Å²) in [6, 6.07) is 2.43. The molecule has 20 heavy (non-hydrogen) atoms. The molecule has 0 unspecified atom stereocenters. The lowest BCUT2D eigenvalue weighted by atomic mass is 10.1. The van der Waals surface area contributed by atoms with Gasteiger partial charge < -0.3 is 0 Å². The van der Waals surface area contributed by atoms with Crippen LogP contribution in [0.1, 0.15) is 18.1 Å². The van der Waals surface area contributed by atoms with Crippen molar-refractivity contribution in [1.82, 2.24) is 4.31 Å². The first-order chi connectivity index (χ1) is 9.25. The molecule has 0 aliphatic carbocycles. The van der Waals surface area contributed by atoms with E-state index < -0.39 is 14.9 Å². The zero-order valence-electron chi connectivity index (χ0n) is 11.6. The Kier molecular flexibility index (Phi) is 4.87. The summed E-state index contributed by atoms with van der Waals surface area (Å²) < 4.78 is 26.1. The van der Waals surface area contributed by atoms with E-state index in [9.17, 15) is 18.5 Å². The first kappa shape index (κ1) is 16.1. The molecular weight excluding hydrogens is 280 g/mol. The second kappa shape index (κ2) is 6.03. The van der Waals surface area contributed by atoms with Crippen molar-refractivity contribution in [3.05, 3.63) is 33.4 Å². The Labute approximate surface area is 118 Å². The fraction of sp³-hybridized carbons (Fsp3) is 0.385. The Morgan fingerprint density at radius 1 is 1.40 bits per heavy atom. The van der Waals surface area contributed by atoms with Crippen LogP contribution >= 0.6 is 0 Å². The third-order valence-corrected chi connectivity index (χ3v) is 5.10. The molecule has 0 amide bonds. The van der Waals surface area contributed by atoms with Crippen molar-refractivity contribution in [3.8, 4) is 12.3 Å². The second-order valence-corrected chi connectivity index (χ2v) is 6.18. The van der Waals surface area contributed by atoms with Crippen LogP contribution in [0.3, 0.4) is 0 Å². The van der Waals surface area contributed by atoms with E-state index in [1.54, 1.807) is 20.8 Å². The minimum absolute atomic E-state index is 0.0682. The number of hydrogen-bond donors (Lipinski definition) is 0. The topological polar surface area (TPSA) is 80.5 Å². The van der Waals surface area contributed by atoms with Gasteiger partial charge in [0.2, 0.25) is 10.0 Å². The highest BCUT2D eigenvalue weighted by molar-refractivity contribution is 7.89. The molecule has 0 aliphatic heterocycles. The monoisotopic (exact) mass is 296 g/mol. The van der Waals surface area contributed by atoms with Crippen molar-refractivity contribution in [2.45, 2.75) is 25.7 Å². The third kappa shape index (κ3) is 2.98. The van der Waals surface area contributed by atoms with Crippen molar-refractivity contribution in [2.24, 2.45) is 0 Å². The molecule has 0 aromatic heterocycles. The number of benzene rings is 1. The first-order valence-electron chi connectivity index (χ1n) is 5.95. The van der Waals surface area contributed by atoms with Crippen LogP contribution in [0.2, 0.25) is 0 Å². The Balaban J connectivity index is 3.53. The van der Waals surface area contributed by atoms with Crippen LogP contribution in [0.4, 0.5) is 5.69 Å². The number of terminal acetylenes is 1. The first-order valence-corrected chi connectivity index (χ1v) is 7.39. The highest BCUT2D eigenvalue weighted by Gasteiger charge is 2.27. The molecule has 6 nitrogen and oxygen atoms in total. The van der Waals surface area contributed by atoms with Crippen LogP contribution in [-0.4, -0.2) is 30.7 Å². The molecule has 0 N–H and O–H groups in total. The maximum absolute atomic E-state index is 12.5. The highest BCUT2D eigenvalue weighted by Crippen LogP contribution is 2.27. The van der Waals surface area contributed by atoms with Gasteiger partial charge in [-0.15, -0.1) is 6.42 Å². The molecule has 0 radical (unpaired) electrons. The van der Waals surface area contributed by atoms with Gasteiger partial charge in [-0.25, -0.2) is 8.42 Å². The zero-order chi connectivity index (χ0) is 15.5. The van der Waals surface area contributed by atoms with Gasteiger partial charge in [0.25, 0.3) is 5.69 Å². The molecule has 0 bridgehead atoms. The van der Waals surface area contributed by atoms with Gasteiger partial charge >= 0.3 is 0 Å². The van der Waals surface area contributed by atoms with E-state index in [1.807, 2.05) is 0 Å². The lowest BCUT2D eigenvalue weighted by Crippen LogP contribution is -2.31. The number of aryl methyl sites for hydroxylation is 1. The number of sulfonamides is 1. The van der Waals surface area contributed by atoms with E-state index >= 15 is 0 Å². The predicted molar refractivity (Wildman–Crippen MR) is 75.8 cm³/mol. The molecule has 1 aromatic rings. The van der Waals surface area contributed by atoms with Crippen LogP contribution in [-0.2, 0) is 10.0 Å². The fourth-order valence-electron chi connectivity index (χ4n) is 1.79. The molecule has 0 saturated carbocycles. The quantitative estimate of drug-likeness (QED) is 0.472. The Morgan fingerprint density at radius 2 is 2.00 bits per heavy atom. The molecule has 0 atom stereocenters. The summed E-state index contributed by atoms with van der Waals surface area (Å²) in [5.41, 5.74) is 0.795. The number of rotatable bonds is 5. The van der Waals surface area contributed by atoms with Crippen molar-refractivity contribution in [3.63, 3.8) is 0 Å². The molecule has 0 spiro atoms. The highest BCUT2D eigenvalue weighted by atomic mass is 32.2. The molecule has 108 valence electrons. The minimum Gasteiger partial charge on any atom is -0.258 e. The van der Waals surface area contributed by atoms with Crippen LogP contribution < -0.4 is 0 Å². The number of nitro benzene ring substituents is 1. The molecule has 7 heteroatoms. The maximum atomic E-state index is 12.5. The molecule has 0 saturated heterocycles. The van der Waals surface area contributed by atoms with Crippen LogP contribution in [0.15, 0.2) is 17.0 Å². The van der Waals surface area contributed by atoms with Gasteiger partial charge in [0, 0.05) is 18.7 Å². The Hall–Kier alpha value is -1.91. The maximum Gasteiger partial charge on any atom is 0.271 e. The molecule has 0 aliphatic rings. The minimum atomic E-state index is -3.84. The number of nitrogens with zero attached hydrogens (tertiary/aromatic N) is 2. The Bertz CT molecular complexity index is 674. The summed E-state index contributed by atoms with van der Waals surface area (Å²) in [4.78, 5) is 10.2. The SMILES string of the molecule is C#CCN(CC)S(=O)(=O)c1cc([N+](=O)[O-])cc(C)c1C. The molecule has 1 rings (SSSR count). The summed E-state index contributed by atoms with van der Waals surface area (Å²) in [5, 5.41) is 10.9. The standard InChI is InChI=1S/C13H16N2O4S/c1-5-7-14(6-2)20(18,19)13-9-12(15(16)17)8-10(3)11(13)4/h1,8-9H,6-7H2,2-4H3. The van der Waals surface area contributed by atoms with E-state index in [0.29, 0.717) is 11.1 Å². The van der Waals surface area contributed by atoms with Gasteiger partial charge in [-0.2, -0.15) is 4.31 Å². The second-order valence-electron chi connectivity index (χ2n) is 4.28. The molecule has 0 fully saturated rings. The zero-order valence-corrected chi connectivity index (χ0v) is 12.4. The molecule has 1 aromatic carbocycles. The lowest BCUT2D eigenvalue weighted by molar-refractivity contribution is -0.385. The number of hydrogen-bond acceptors (Lipinski definition) is 4. The number of nitro groups is 1. The van der Waals surface area contributed by atoms with Crippen molar-refractivity contribution in [1.29, 1.82) is 0 Å². The lowest BCUT2D eigenvalue weighted by Gasteiger charge is -2.19. The summed E-state index contributed by atoms with van der Waals surface area (Å²) in [5.74, 6) is 2.28. The van der Waals surface area contributed by atoms with Crippen molar-refractivity contribution < 1.29 is 13.3 Å². The average Bonchev–Trinajstić information content (AvgIpc) is 2.38. The smallest absolute Gasteiger partial charge is 0.258 e. The van der Waals surface area contributed by atoms with Gasteiger partial charge in [-0.05, 0) is 25.0 Å².